The maximum atomic E-state index is 5.14. The van der Waals surface area contributed by atoms with E-state index in [4.69, 9.17) is 9.98 Å². The SMILES string of the molecule is c1ccc(C2=NC(c3ccc4cc(-n5c6ccccc6c6cc7c8ccc9ccccc9c8n(-c8ccc9ccccc9c8)c7cc65)ccc4c3)NC(c3ccccc3)=N2)cc1. The molecule has 0 saturated heterocycles. The average Bonchev–Trinajstić information content (AvgIpc) is 3.85. The summed E-state index contributed by atoms with van der Waals surface area (Å²) in [6.07, 6.45) is -0.298. The van der Waals surface area contributed by atoms with Crippen LogP contribution in [0.1, 0.15) is 22.9 Å². The maximum Gasteiger partial charge on any atom is 0.159 e. The van der Waals surface area contributed by atoms with Gasteiger partial charge in [0.25, 0.3) is 0 Å². The van der Waals surface area contributed by atoms with E-state index in [0.29, 0.717) is 0 Å². The van der Waals surface area contributed by atoms with Gasteiger partial charge in [-0.2, -0.15) is 0 Å². The third kappa shape index (κ3) is 5.42. The Hall–Kier alpha value is -8.28. The Morgan fingerprint density at radius 2 is 0.952 bits per heavy atom. The van der Waals surface area contributed by atoms with Crippen LogP contribution in [0, 0.1) is 0 Å². The Kier molecular flexibility index (Phi) is 7.60. The van der Waals surface area contributed by atoms with E-state index in [9.17, 15) is 0 Å². The molecule has 2 aromatic heterocycles. The summed E-state index contributed by atoms with van der Waals surface area (Å²) in [6, 6.07) is 76.5. The van der Waals surface area contributed by atoms with Gasteiger partial charge in [-0.15, -0.1) is 0 Å². The van der Waals surface area contributed by atoms with Crippen LogP contribution in [0.5, 0.6) is 0 Å². The highest BCUT2D eigenvalue weighted by molar-refractivity contribution is 6.23. The fourth-order valence-corrected chi connectivity index (χ4v) is 9.74. The standard InChI is InChI=1S/C57H37N5/c1-3-15-38(16-4-1)55-58-56(39-17-5-2-6-18-39)60-57(59-55)43-24-23-42-33-44(29-26-41(42)31-43)61-51-22-12-11-21-47(51)49-34-50-48-30-27-37-14-9-10-20-46(37)54(48)62(53(50)35-52(49)61)45-28-25-36-13-7-8-19-40(36)32-45/h1-35,57H,(H,58,59,60). The maximum absolute atomic E-state index is 5.14. The van der Waals surface area contributed by atoms with Gasteiger partial charge in [0.1, 0.15) is 12.0 Å². The number of rotatable bonds is 5. The highest BCUT2D eigenvalue weighted by Gasteiger charge is 2.23. The number of para-hydroxylation sites is 1. The van der Waals surface area contributed by atoms with Crippen molar-refractivity contribution in [2.24, 2.45) is 9.98 Å². The van der Waals surface area contributed by atoms with Crippen molar-refractivity contribution < 1.29 is 0 Å². The fourth-order valence-electron chi connectivity index (χ4n) is 9.74. The van der Waals surface area contributed by atoms with Crippen molar-refractivity contribution in [1.82, 2.24) is 14.5 Å². The molecule has 10 aromatic carbocycles. The third-order valence-electron chi connectivity index (χ3n) is 12.7. The molecule has 0 radical (unpaired) electrons. The highest BCUT2D eigenvalue weighted by Crippen LogP contribution is 2.42. The van der Waals surface area contributed by atoms with E-state index in [2.05, 4.69) is 190 Å². The van der Waals surface area contributed by atoms with Gasteiger partial charge in [-0.3, -0.25) is 0 Å². The van der Waals surface area contributed by atoms with Crippen molar-refractivity contribution >= 4 is 87.6 Å². The third-order valence-corrected chi connectivity index (χ3v) is 12.7. The number of hydrogen-bond acceptors (Lipinski definition) is 3. The van der Waals surface area contributed by atoms with E-state index < -0.39 is 0 Å². The lowest BCUT2D eigenvalue weighted by atomic mass is 10.0. The Morgan fingerprint density at radius 3 is 1.77 bits per heavy atom. The fraction of sp³-hybridized carbons (Fsp3) is 0.0175. The predicted molar refractivity (Wildman–Crippen MR) is 259 cm³/mol. The summed E-state index contributed by atoms with van der Waals surface area (Å²) in [4.78, 5) is 10.1. The molecule has 1 aliphatic heterocycles. The predicted octanol–water partition coefficient (Wildman–Crippen LogP) is 13.8. The van der Waals surface area contributed by atoms with Crippen LogP contribution in [0.4, 0.5) is 0 Å². The van der Waals surface area contributed by atoms with Crippen LogP contribution in [-0.2, 0) is 0 Å². The van der Waals surface area contributed by atoms with Crippen LogP contribution in [0.3, 0.4) is 0 Å². The molecule has 0 spiro atoms. The van der Waals surface area contributed by atoms with Gasteiger partial charge in [-0.1, -0.05) is 164 Å². The zero-order valence-electron chi connectivity index (χ0n) is 33.6. The first-order chi connectivity index (χ1) is 30.7. The molecule has 5 heteroatoms. The Balaban J connectivity index is 0.986. The zero-order chi connectivity index (χ0) is 40.7. The molecule has 0 fully saturated rings. The molecule has 12 aromatic rings. The first-order valence-corrected chi connectivity index (χ1v) is 21.2. The van der Waals surface area contributed by atoms with Crippen LogP contribution in [0.2, 0.25) is 0 Å². The number of aromatic nitrogens is 2. The second-order valence-electron chi connectivity index (χ2n) is 16.3. The second-order valence-corrected chi connectivity index (χ2v) is 16.3. The van der Waals surface area contributed by atoms with E-state index in [-0.39, 0.29) is 6.17 Å². The molecule has 0 aliphatic carbocycles. The molecule has 290 valence electrons. The number of nitrogens with one attached hydrogen (secondary N) is 1. The Bertz CT molecular complexity index is 3840. The lowest BCUT2D eigenvalue weighted by Gasteiger charge is -2.24. The molecule has 1 aliphatic rings. The molecule has 3 heterocycles. The van der Waals surface area contributed by atoms with Crippen LogP contribution in [0.15, 0.2) is 222 Å². The van der Waals surface area contributed by atoms with Gasteiger partial charge >= 0.3 is 0 Å². The summed E-state index contributed by atoms with van der Waals surface area (Å²) in [5.41, 5.74) is 10.1. The molecular formula is C57H37N5. The molecule has 1 N–H and O–H groups in total. The molecule has 0 bridgehead atoms. The summed E-state index contributed by atoms with van der Waals surface area (Å²) < 4.78 is 4.93. The van der Waals surface area contributed by atoms with Crippen molar-refractivity contribution in [3.63, 3.8) is 0 Å². The molecule has 1 unspecified atom stereocenters. The molecule has 62 heavy (non-hydrogen) atoms. The largest absolute Gasteiger partial charge is 0.344 e. The van der Waals surface area contributed by atoms with Gasteiger partial charge in [-0.25, -0.2) is 9.98 Å². The van der Waals surface area contributed by atoms with E-state index in [1.54, 1.807) is 0 Å². The van der Waals surface area contributed by atoms with Crippen molar-refractivity contribution in [2.45, 2.75) is 6.17 Å². The van der Waals surface area contributed by atoms with Crippen LogP contribution in [-0.4, -0.2) is 20.8 Å². The minimum absolute atomic E-state index is 0.298. The number of amidine groups is 2. The molecule has 13 rings (SSSR count). The topological polar surface area (TPSA) is 46.6 Å². The number of benzene rings is 10. The summed E-state index contributed by atoms with van der Waals surface area (Å²) in [6.45, 7) is 0. The number of nitrogens with zero attached hydrogens (tertiary/aromatic N) is 4. The minimum Gasteiger partial charge on any atom is -0.344 e. The van der Waals surface area contributed by atoms with Gasteiger partial charge in [0.15, 0.2) is 5.84 Å². The lowest BCUT2D eigenvalue weighted by molar-refractivity contribution is 0.675. The quantitative estimate of drug-likeness (QED) is 0.185. The van der Waals surface area contributed by atoms with E-state index in [1.165, 1.54) is 65.2 Å². The van der Waals surface area contributed by atoms with Crippen LogP contribution >= 0.6 is 0 Å². The summed E-state index contributed by atoms with van der Waals surface area (Å²) in [5, 5.41) is 15.9. The van der Waals surface area contributed by atoms with Crippen molar-refractivity contribution in [3.8, 4) is 11.4 Å². The Labute approximate surface area is 357 Å². The second kappa shape index (κ2) is 13.6. The monoisotopic (exact) mass is 791 g/mol. The van der Waals surface area contributed by atoms with Gasteiger partial charge in [-0.05, 0) is 81.0 Å². The normalized spacial score (nSPS) is 14.3. The molecule has 0 amide bonds. The smallest absolute Gasteiger partial charge is 0.159 e. The van der Waals surface area contributed by atoms with Crippen molar-refractivity contribution in [3.05, 3.63) is 229 Å². The van der Waals surface area contributed by atoms with E-state index in [0.717, 1.165) is 50.5 Å². The van der Waals surface area contributed by atoms with Gasteiger partial charge in [0.2, 0.25) is 0 Å². The van der Waals surface area contributed by atoms with Gasteiger partial charge in [0.05, 0.1) is 22.1 Å². The zero-order valence-corrected chi connectivity index (χ0v) is 33.6. The van der Waals surface area contributed by atoms with Crippen molar-refractivity contribution in [2.75, 3.05) is 0 Å². The summed E-state index contributed by atoms with van der Waals surface area (Å²) in [5.74, 6) is 1.53. The van der Waals surface area contributed by atoms with Gasteiger partial charge in [0, 0.05) is 49.4 Å². The molecule has 1 atom stereocenters. The number of fused-ring (bicyclic) bond motifs is 10. The van der Waals surface area contributed by atoms with Crippen molar-refractivity contribution in [1.29, 1.82) is 0 Å². The molecule has 0 saturated carbocycles. The van der Waals surface area contributed by atoms with E-state index >= 15 is 0 Å². The number of aliphatic imine (C=N–C) groups is 2. The summed E-state index contributed by atoms with van der Waals surface area (Å²) in [7, 11) is 0. The summed E-state index contributed by atoms with van der Waals surface area (Å²) >= 11 is 0. The van der Waals surface area contributed by atoms with E-state index in [1.807, 2.05) is 36.4 Å². The van der Waals surface area contributed by atoms with Crippen LogP contribution in [0.25, 0.3) is 87.3 Å². The highest BCUT2D eigenvalue weighted by atomic mass is 15.2. The van der Waals surface area contributed by atoms with Gasteiger partial charge < -0.3 is 14.5 Å². The minimum atomic E-state index is -0.298. The average molecular weight is 792 g/mol. The Morgan fingerprint density at radius 1 is 0.371 bits per heavy atom. The number of hydrogen-bond donors (Lipinski definition) is 1. The molecule has 5 nitrogen and oxygen atoms in total. The first kappa shape index (κ1) is 34.6. The molecular weight excluding hydrogens is 755 g/mol. The lowest BCUT2D eigenvalue weighted by Crippen LogP contribution is -2.33. The first-order valence-electron chi connectivity index (χ1n) is 21.2. The van der Waals surface area contributed by atoms with Crippen LogP contribution < -0.4 is 5.32 Å².